The molecular formula is C13H27NO. The van der Waals surface area contributed by atoms with Gasteiger partial charge in [-0.1, -0.05) is 19.8 Å². The molecule has 2 heteroatoms. The van der Waals surface area contributed by atoms with Gasteiger partial charge in [-0.3, -0.25) is 0 Å². The van der Waals surface area contributed by atoms with Gasteiger partial charge in [0.1, 0.15) is 0 Å². The molecule has 1 fully saturated rings. The summed E-state index contributed by atoms with van der Waals surface area (Å²) in [6.07, 6.45) is 7.82. The highest BCUT2D eigenvalue weighted by atomic mass is 16.3. The van der Waals surface area contributed by atoms with Crippen LogP contribution in [0.15, 0.2) is 0 Å². The van der Waals surface area contributed by atoms with Crippen LogP contribution in [0.2, 0.25) is 0 Å². The maximum atomic E-state index is 9.43. The Hall–Kier alpha value is -0.0800. The minimum absolute atomic E-state index is 0.234. The summed E-state index contributed by atoms with van der Waals surface area (Å²) < 4.78 is 0. The van der Waals surface area contributed by atoms with Crippen LogP contribution in [0.5, 0.6) is 0 Å². The summed E-state index contributed by atoms with van der Waals surface area (Å²) in [4.78, 5) is 0. The second-order valence-corrected chi connectivity index (χ2v) is 5.20. The number of aliphatic hydroxyl groups excluding tert-OH is 1. The van der Waals surface area contributed by atoms with Crippen molar-refractivity contribution in [2.24, 2.45) is 5.92 Å². The van der Waals surface area contributed by atoms with Crippen LogP contribution in [0.1, 0.15) is 59.3 Å². The Balaban J connectivity index is 2.19. The first-order valence-corrected chi connectivity index (χ1v) is 6.57. The van der Waals surface area contributed by atoms with Gasteiger partial charge in [0, 0.05) is 12.1 Å². The number of hydrogen-bond donors (Lipinski definition) is 2. The normalized spacial score (nSPS) is 31.2. The van der Waals surface area contributed by atoms with Crippen molar-refractivity contribution in [3.05, 3.63) is 0 Å². The quantitative estimate of drug-likeness (QED) is 0.736. The molecule has 0 radical (unpaired) electrons. The molecule has 0 aliphatic heterocycles. The molecule has 90 valence electrons. The molecule has 0 spiro atoms. The number of rotatable bonds is 5. The van der Waals surface area contributed by atoms with E-state index in [0.29, 0.717) is 6.04 Å². The zero-order valence-electron chi connectivity index (χ0n) is 10.5. The van der Waals surface area contributed by atoms with E-state index in [9.17, 15) is 5.11 Å². The standard InChI is InChI=1S/C13H27NO/c1-4-5-12-6-8-13(9-7-12)14-10(2)11(3)15/h10-15H,4-9H2,1-3H3. The molecule has 2 N–H and O–H groups in total. The first kappa shape index (κ1) is 13.0. The van der Waals surface area contributed by atoms with Crippen molar-refractivity contribution < 1.29 is 5.11 Å². The molecule has 0 saturated heterocycles. The Kier molecular flexibility index (Phi) is 5.62. The fraction of sp³-hybridized carbons (Fsp3) is 1.00. The predicted octanol–water partition coefficient (Wildman–Crippen LogP) is 2.70. The Morgan fingerprint density at radius 2 is 1.80 bits per heavy atom. The summed E-state index contributed by atoms with van der Waals surface area (Å²) in [7, 11) is 0. The number of hydrogen-bond acceptors (Lipinski definition) is 2. The molecule has 0 aromatic rings. The van der Waals surface area contributed by atoms with E-state index in [0.717, 1.165) is 5.92 Å². The van der Waals surface area contributed by atoms with Crippen molar-refractivity contribution in [3.8, 4) is 0 Å². The van der Waals surface area contributed by atoms with Gasteiger partial charge in [0.15, 0.2) is 0 Å². The summed E-state index contributed by atoms with van der Waals surface area (Å²) >= 11 is 0. The third-order valence-electron chi connectivity index (χ3n) is 3.77. The minimum Gasteiger partial charge on any atom is -0.392 e. The largest absolute Gasteiger partial charge is 0.392 e. The van der Waals surface area contributed by atoms with Gasteiger partial charge in [0.25, 0.3) is 0 Å². The second kappa shape index (κ2) is 6.49. The Labute approximate surface area is 94.5 Å². The Bertz CT molecular complexity index is 162. The predicted molar refractivity (Wildman–Crippen MR) is 64.9 cm³/mol. The molecule has 0 aromatic carbocycles. The van der Waals surface area contributed by atoms with E-state index in [-0.39, 0.29) is 12.1 Å². The van der Waals surface area contributed by atoms with Gasteiger partial charge in [0.2, 0.25) is 0 Å². The smallest absolute Gasteiger partial charge is 0.0662 e. The van der Waals surface area contributed by atoms with E-state index in [1.807, 2.05) is 6.92 Å². The van der Waals surface area contributed by atoms with Crippen LogP contribution in [-0.4, -0.2) is 23.3 Å². The van der Waals surface area contributed by atoms with Gasteiger partial charge in [-0.25, -0.2) is 0 Å². The van der Waals surface area contributed by atoms with E-state index in [4.69, 9.17) is 0 Å². The topological polar surface area (TPSA) is 32.3 Å². The Morgan fingerprint density at radius 3 is 2.27 bits per heavy atom. The zero-order chi connectivity index (χ0) is 11.3. The molecule has 1 rings (SSSR count). The molecule has 1 aliphatic carbocycles. The number of aliphatic hydroxyl groups is 1. The third-order valence-corrected chi connectivity index (χ3v) is 3.77. The highest BCUT2D eigenvalue weighted by Crippen LogP contribution is 2.27. The SMILES string of the molecule is CCCC1CCC(NC(C)C(C)O)CC1. The average Bonchev–Trinajstić information content (AvgIpc) is 2.21. The van der Waals surface area contributed by atoms with E-state index in [1.165, 1.54) is 38.5 Å². The molecule has 1 aliphatic rings. The maximum Gasteiger partial charge on any atom is 0.0662 e. The van der Waals surface area contributed by atoms with Crippen LogP contribution in [0.4, 0.5) is 0 Å². The van der Waals surface area contributed by atoms with Crippen molar-refractivity contribution in [3.63, 3.8) is 0 Å². The van der Waals surface area contributed by atoms with Crippen molar-refractivity contribution in [1.29, 1.82) is 0 Å². The lowest BCUT2D eigenvalue weighted by Gasteiger charge is -2.32. The van der Waals surface area contributed by atoms with E-state index < -0.39 is 0 Å². The molecule has 2 nitrogen and oxygen atoms in total. The summed E-state index contributed by atoms with van der Waals surface area (Å²) in [6.45, 7) is 6.21. The molecule has 0 aromatic heterocycles. The van der Waals surface area contributed by atoms with Crippen molar-refractivity contribution >= 4 is 0 Å². The lowest BCUT2D eigenvalue weighted by atomic mass is 9.83. The fourth-order valence-corrected chi connectivity index (χ4v) is 2.54. The summed E-state index contributed by atoms with van der Waals surface area (Å²) in [6, 6.07) is 0.875. The molecular weight excluding hydrogens is 186 g/mol. The van der Waals surface area contributed by atoms with Gasteiger partial charge in [0.05, 0.1) is 6.10 Å². The van der Waals surface area contributed by atoms with Gasteiger partial charge in [-0.05, 0) is 45.4 Å². The summed E-state index contributed by atoms with van der Waals surface area (Å²) in [5.41, 5.74) is 0. The lowest BCUT2D eigenvalue weighted by Crippen LogP contribution is -2.44. The second-order valence-electron chi connectivity index (χ2n) is 5.20. The summed E-state index contributed by atoms with van der Waals surface area (Å²) in [5.74, 6) is 0.968. The maximum absolute atomic E-state index is 9.43. The van der Waals surface area contributed by atoms with Gasteiger partial charge in [-0.2, -0.15) is 0 Å². The van der Waals surface area contributed by atoms with Gasteiger partial charge < -0.3 is 10.4 Å². The van der Waals surface area contributed by atoms with E-state index in [2.05, 4.69) is 19.2 Å². The monoisotopic (exact) mass is 213 g/mol. The Morgan fingerprint density at radius 1 is 1.20 bits per heavy atom. The van der Waals surface area contributed by atoms with Crippen LogP contribution < -0.4 is 5.32 Å². The van der Waals surface area contributed by atoms with E-state index in [1.54, 1.807) is 0 Å². The first-order chi connectivity index (χ1) is 7.13. The van der Waals surface area contributed by atoms with Crippen molar-refractivity contribution in [2.75, 3.05) is 0 Å². The minimum atomic E-state index is -0.238. The molecule has 15 heavy (non-hydrogen) atoms. The van der Waals surface area contributed by atoms with Crippen LogP contribution in [0.3, 0.4) is 0 Å². The molecule has 0 heterocycles. The zero-order valence-corrected chi connectivity index (χ0v) is 10.5. The third kappa shape index (κ3) is 4.52. The van der Waals surface area contributed by atoms with Crippen LogP contribution in [0.25, 0.3) is 0 Å². The highest BCUT2D eigenvalue weighted by molar-refractivity contribution is 4.80. The van der Waals surface area contributed by atoms with Crippen LogP contribution in [-0.2, 0) is 0 Å². The molecule has 0 bridgehead atoms. The molecule has 1 saturated carbocycles. The molecule has 2 unspecified atom stereocenters. The molecule has 2 atom stereocenters. The van der Waals surface area contributed by atoms with Gasteiger partial charge >= 0.3 is 0 Å². The molecule has 0 amide bonds. The highest BCUT2D eigenvalue weighted by Gasteiger charge is 2.22. The van der Waals surface area contributed by atoms with Gasteiger partial charge in [-0.15, -0.1) is 0 Å². The van der Waals surface area contributed by atoms with Crippen molar-refractivity contribution in [1.82, 2.24) is 5.32 Å². The fourth-order valence-electron chi connectivity index (χ4n) is 2.54. The summed E-state index contributed by atoms with van der Waals surface area (Å²) in [5, 5.41) is 13.0. The van der Waals surface area contributed by atoms with Crippen LogP contribution >= 0.6 is 0 Å². The number of nitrogens with one attached hydrogen (secondary N) is 1. The average molecular weight is 213 g/mol. The van der Waals surface area contributed by atoms with Crippen LogP contribution in [0, 0.1) is 5.92 Å². The first-order valence-electron chi connectivity index (χ1n) is 6.57. The van der Waals surface area contributed by atoms with E-state index >= 15 is 0 Å². The van der Waals surface area contributed by atoms with Crippen molar-refractivity contribution in [2.45, 2.75) is 77.5 Å². The lowest BCUT2D eigenvalue weighted by molar-refractivity contribution is 0.136.